The first-order valence-corrected chi connectivity index (χ1v) is 3.66. The topological polar surface area (TPSA) is 50.1 Å². The number of anilines is 1. The molecule has 1 aromatic heterocycles. The predicted octanol–water partition coefficient (Wildman–Crippen LogP) is 1.52. The fraction of sp³-hybridized carbons (Fsp3) is 0.500. The van der Waals surface area contributed by atoms with Gasteiger partial charge in [-0.25, -0.2) is 10.5 Å². The Bertz CT molecular complexity index is 246. The van der Waals surface area contributed by atoms with E-state index in [4.69, 9.17) is 16.8 Å². The monoisotopic (exact) mass is 175 g/mol. The van der Waals surface area contributed by atoms with Crippen LogP contribution >= 0.6 is 11.6 Å². The molecule has 0 aromatic carbocycles. The Morgan fingerprint density at radius 1 is 1.82 bits per heavy atom. The summed E-state index contributed by atoms with van der Waals surface area (Å²) in [6.07, 6.45) is 1.62. The van der Waals surface area contributed by atoms with Crippen LogP contribution in [-0.2, 0) is 7.05 Å². The predicted molar refractivity (Wildman–Crippen MR) is 42.9 cm³/mol. The highest BCUT2D eigenvalue weighted by atomic mass is 35.5. The van der Waals surface area contributed by atoms with E-state index in [2.05, 4.69) is 4.98 Å². The molecule has 0 aliphatic heterocycles. The largest absolute Gasteiger partial charge is 0.314 e. The highest BCUT2D eigenvalue weighted by Crippen LogP contribution is 2.20. The van der Waals surface area contributed by atoms with E-state index < -0.39 is 0 Å². The maximum absolute atomic E-state index is 8.54. The molecule has 1 aromatic rings. The summed E-state index contributed by atoms with van der Waals surface area (Å²) in [6, 6.07) is 0. The van der Waals surface area contributed by atoms with Crippen LogP contribution < -0.4 is 5.48 Å². The molecule has 0 saturated carbocycles. The average Bonchev–Trinajstić information content (AvgIpc) is 2.30. The maximum Gasteiger partial charge on any atom is 0.227 e. The Kier molecular flexibility index (Phi) is 2.36. The van der Waals surface area contributed by atoms with Gasteiger partial charge in [-0.1, -0.05) is 0 Å². The summed E-state index contributed by atoms with van der Waals surface area (Å²) in [6.45, 7) is 1.85. The van der Waals surface area contributed by atoms with E-state index >= 15 is 0 Å². The van der Waals surface area contributed by atoms with Crippen LogP contribution in [0.3, 0.4) is 0 Å². The first-order chi connectivity index (χ1) is 5.16. The van der Waals surface area contributed by atoms with Gasteiger partial charge in [0, 0.05) is 7.05 Å². The number of nitrogens with one attached hydrogen (secondary N) is 1. The van der Waals surface area contributed by atoms with Gasteiger partial charge in [0.1, 0.15) is 0 Å². The molecule has 1 heterocycles. The molecule has 1 unspecified atom stereocenters. The molecular weight excluding hydrogens is 166 g/mol. The summed E-state index contributed by atoms with van der Waals surface area (Å²) in [7, 11) is 1.78. The second-order valence-electron chi connectivity index (χ2n) is 2.29. The van der Waals surface area contributed by atoms with E-state index in [0.29, 0.717) is 5.95 Å². The Labute approximate surface area is 69.8 Å². The molecule has 0 aliphatic rings. The third-order valence-corrected chi connectivity index (χ3v) is 1.76. The third kappa shape index (κ3) is 1.46. The Morgan fingerprint density at radius 2 is 2.45 bits per heavy atom. The van der Waals surface area contributed by atoms with E-state index in [1.54, 1.807) is 17.8 Å². The molecular formula is C6H10ClN3O. The van der Waals surface area contributed by atoms with Crippen molar-refractivity contribution >= 4 is 17.5 Å². The number of hydrogen-bond acceptors (Lipinski definition) is 3. The van der Waals surface area contributed by atoms with Crippen LogP contribution in [0.25, 0.3) is 0 Å². The van der Waals surface area contributed by atoms with Gasteiger partial charge < -0.3 is 4.57 Å². The quantitative estimate of drug-likeness (QED) is 0.529. The van der Waals surface area contributed by atoms with Gasteiger partial charge >= 0.3 is 0 Å². The van der Waals surface area contributed by atoms with E-state index in [9.17, 15) is 0 Å². The SMILES string of the molecule is CC(Cl)c1cnc(NO)n1C. The van der Waals surface area contributed by atoms with Crippen molar-refractivity contribution in [3.8, 4) is 0 Å². The summed E-state index contributed by atoms with van der Waals surface area (Å²) in [5.41, 5.74) is 2.83. The van der Waals surface area contributed by atoms with E-state index in [0.717, 1.165) is 5.69 Å². The van der Waals surface area contributed by atoms with E-state index in [1.165, 1.54) is 0 Å². The zero-order chi connectivity index (χ0) is 8.43. The lowest BCUT2D eigenvalue weighted by molar-refractivity contribution is 0.379. The molecule has 0 spiro atoms. The van der Waals surface area contributed by atoms with Crippen LogP contribution in [0, 0.1) is 0 Å². The summed E-state index contributed by atoms with van der Waals surface area (Å²) in [5, 5.41) is 8.43. The Balaban J connectivity index is 3.00. The Morgan fingerprint density at radius 3 is 2.73 bits per heavy atom. The first-order valence-electron chi connectivity index (χ1n) is 3.22. The zero-order valence-electron chi connectivity index (χ0n) is 6.37. The maximum atomic E-state index is 8.54. The zero-order valence-corrected chi connectivity index (χ0v) is 7.13. The van der Waals surface area contributed by atoms with Crippen molar-refractivity contribution in [2.24, 2.45) is 7.05 Å². The van der Waals surface area contributed by atoms with Gasteiger partial charge in [0.15, 0.2) is 0 Å². The van der Waals surface area contributed by atoms with Gasteiger partial charge in [0.25, 0.3) is 0 Å². The summed E-state index contributed by atoms with van der Waals surface area (Å²) < 4.78 is 1.69. The molecule has 0 saturated heterocycles. The van der Waals surface area contributed by atoms with Crippen molar-refractivity contribution in [1.29, 1.82) is 0 Å². The van der Waals surface area contributed by atoms with Gasteiger partial charge in [-0.3, -0.25) is 5.21 Å². The summed E-state index contributed by atoms with van der Waals surface area (Å²) >= 11 is 5.81. The van der Waals surface area contributed by atoms with Gasteiger partial charge in [-0.2, -0.15) is 0 Å². The van der Waals surface area contributed by atoms with Crippen LogP contribution in [0.1, 0.15) is 18.0 Å². The van der Waals surface area contributed by atoms with Crippen molar-refractivity contribution in [2.75, 3.05) is 5.48 Å². The molecule has 11 heavy (non-hydrogen) atoms. The standard InChI is InChI=1S/C6H10ClN3O/c1-4(7)5-3-8-6(9-11)10(5)2/h3-4,11H,1-2H3,(H,8,9). The first kappa shape index (κ1) is 8.36. The number of halogens is 1. The van der Waals surface area contributed by atoms with Crippen molar-refractivity contribution in [2.45, 2.75) is 12.3 Å². The highest BCUT2D eigenvalue weighted by molar-refractivity contribution is 6.20. The van der Waals surface area contributed by atoms with Gasteiger partial charge in [0.2, 0.25) is 5.95 Å². The number of imidazole rings is 1. The van der Waals surface area contributed by atoms with E-state index in [1.807, 2.05) is 12.4 Å². The lowest BCUT2D eigenvalue weighted by Crippen LogP contribution is -2.02. The number of hydrogen-bond donors (Lipinski definition) is 2. The second kappa shape index (κ2) is 3.11. The molecule has 0 fully saturated rings. The minimum Gasteiger partial charge on any atom is -0.314 e. The Hall–Kier alpha value is -0.740. The van der Waals surface area contributed by atoms with Crippen molar-refractivity contribution in [1.82, 2.24) is 9.55 Å². The number of nitrogens with zero attached hydrogens (tertiary/aromatic N) is 2. The average molecular weight is 176 g/mol. The normalized spacial score (nSPS) is 13.1. The molecule has 0 amide bonds. The molecule has 62 valence electrons. The molecule has 4 nitrogen and oxygen atoms in total. The molecule has 1 rings (SSSR count). The lowest BCUT2D eigenvalue weighted by atomic mass is 10.3. The number of alkyl halides is 1. The van der Waals surface area contributed by atoms with Crippen molar-refractivity contribution < 1.29 is 5.21 Å². The van der Waals surface area contributed by atoms with Crippen LogP contribution in [0.4, 0.5) is 5.95 Å². The number of rotatable bonds is 2. The third-order valence-electron chi connectivity index (χ3n) is 1.53. The second-order valence-corrected chi connectivity index (χ2v) is 2.95. The lowest BCUT2D eigenvalue weighted by Gasteiger charge is -2.04. The fourth-order valence-electron chi connectivity index (χ4n) is 0.896. The highest BCUT2D eigenvalue weighted by Gasteiger charge is 2.09. The van der Waals surface area contributed by atoms with Crippen LogP contribution in [0.5, 0.6) is 0 Å². The molecule has 2 N–H and O–H groups in total. The van der Waals surface area contributed by atoms with E-state index in [-0.39, 0.29) is 5.38 Å². The molecule has 1 atom stereocenters. The molecule has 5 heteroatoms. The number of aromatic nitrogens is 2. The molecule has 0 bridgehead atoms. The summed E-state index contributed by atoms with van der Waals surface area (Å²) in [4.78, 5) is 3.87. The van der Waals surface area contributed by atoms with Crippen LogP contribution in [-0.4, -0.2) is 14.8 Å². The van der Waals surface area contributed by atoms with Crippen LogP contribution in [0.15, 0.2) is 6.20 Å². The molecule has 0 radical (unpaired) electrons. The summed E-state index contributed by atoms with van der Waals surface area (Å²) in [5.74, 6) is 0.396. The smallest absolute Gasteiger partial charge is 0.227 e. The molecule has 0 aliphatic carbocycles. The van der Waals surface area contributed by atoms with Crippen LogP contribution in [0.2, 0.25) is 0 Å². The van der Waals surface area contributed by atoms with Crippen molar-refractivity contribution in [3.63, 3.8) is 0 Å². The van der Waals surface area contributed by atoms with Gasteiger partial charge in [-0.15, -0.1) is 11.6 Å². The van der Waals surface area contributed by atoms with Gasteiger partial charge in [-0.05, 0) is 6.92 Å². The minimum atomic E-state index is -0.102. The van der Waals surface area contributed by atoms with Crippen molar-refractivity contribution in [3.05, 3.63) is 11.9 Å². The fourth-order valence-corrected chi connectivity index (χ4v) is 1.10. The van der Waals surface area contributed by atoms with Gasteiger partial charge in [0.05, 0.1) is 17.3 Å². The minimum absolute atomic E-state index is 0.102.